The Bertz CT molecular complexity index is 1180. The SMILES string of the molecule is Cc1nc(-c2ccc3c(N)n[nH]c3c2)c(-c2ccc3c(N)n[nH]c3c2)[nH]1. The lowest BCUT2D eigenvalue weighted by Crippen LogP contribution is -1.86. The van der Waals surface area contributed by atoms with Gasteiger partial charge in [0.15, 0.2) is 11.6 Å². The average Bonchev–Trinajstić information content (AvgIpc) is 3.32. The van der Waals surface area contributed by atoms with Crippen molar-refractivity contribution in [2.45, 2.75) is 6.92 Å². The topological polar surface area (TPSA) is 138 Å². The first-order valence-corrected chi connectivity index (χ1v) is 8.15. The first-order valence-electron chi connectivity index (χ1n) is 8.15. The Balaban J connectivity index is 1.69. The fourth-order valence-electron chi connectivity index (χ4n) is 3.29. The van der Waals surface area contributed by atoms with E-state index in [0.29, 0.717) is 11.6 Å². The van der Waals surface area contributed by atoms with Crippen molar-refractivity contribution < 1.29 is 0 Å². The summed E-state index contributed by atoms with van der Waals surface area (Å²) in [5, 5.41) is 15.8. The van der Waals surface area contributed by atoms with E-state index in [2.05, 4.69) is 30.4 Å². The van der Waals surface area contributed by atoms with Crippen LogP contribution in [-0.4, -0.2) is 30.4 Å². The average molecular weight is 344 g/mol. The van der Waals surface area contributed by atoms with Gasteiger partial charge in [0.2, 0.25) is 0 Å². The number of benzene rings is 2. The number of rotatable bonds is 2. The Hall–Kier alpha value is -3.81. The maximum absolute atomic E-state index is 5.86. The van der Waals surface area contributed by atoms with Gasteiger partial charge in [0.05, 0.1) is 22.4 Å². The van der Waals surface area contributed by atoms with Crippen molar-refractivity contribution >= 4 is 33.4 Å². The number of anilines is 2. The number of aryl methyl sites for hydroxylation is 1. The van der Waals surface area contributed by atoms with E-state index in [1.165, 1.54) is 0 Å². The number of hydrogen-bond acceptors (Lipinski definition) is 5. The van der Waals surface area contributed by atoms with Gasteiger partial charge in [-0.05, 0) is 31.2 Å². The number of nitrogen functional groups attached to an aromatic ring is 2. The van der Waals surface area contributed by atoms with Crippen molar-refractivity contribution in [1.82, 2.24) is 30.4 Å². The Kier molecular flexibility index (Phi) is 2.84. The highest BCUT2D eigenvalue weighted by Gasteiger charge is 2.15. The molecule has 0 radical (unpaired) electrons. The van der Waals surface area contributed by atoms with Gasteiger partial charge in [0.25, 0.3) is 0 Å². The summed E-state index contributed by atoms with van der Waals surface area (Å²) in [7, 11) is 0. The van der Waals surface area contributed by atoms with Crippen LogP contribution in [0.2, 0.25) is 0 Å². The van der Waals surface area contributed by atoms with E-state index in [1.807, 2.05) is 43.3 Å². The normalized spacial score (nSPS) is 11.6. The quantitative estimate of drug-likeness (QED) is 0.335. The van der Waals surface area contributed by atoms with E-state index >= 15 is 0 Å². The van der Waals surface area contributed by atoms with E-state index in [4.69, 9.17) is 11.5 Å². The van der Waals surface area contributed by atoms with Crippen LogP contribution < -0.4 is 11.5 Å². The molecular formula is C18H16N8. The molecule has 0 aliphatic carbocycles. The van der Waals surface area contributed by atoms with Crippen molar-refractivity contribution in [3.05, 3.63) is 42.2 Å². The molecule has 3 aromatic heterocycles. The number of hydrogen-bond donors (Lipinski definition) is 5. The zero-order valence-corrected chi connectivity index (χ0v) is 14.0. The molecule has 0 saturated carbocycles. The molecule has 0 atom stereocenters. The number of imidazole rings is 1. The van der Waals surface area contributed by atoms with Crippen molar-refractivity contribution in [2.24, 2.45) is 0 Å². The first-order chi connectivity index (χ1) is 12.6. The number of aromatic amines is 3. The third kappa shape index (κ3) is 2.05. The number of nitrogens with two attached hydrogens (primary N) is 2. The number of H-pyrrole nitrogens is 3. The maximum Gasteiger partial charge on any atom is 0.153 e. The molecule has 26 heavy (non-hydrogen) atoms. The fourth-order valence-corrected chi connectivity index (χ4v) is 3.29. The molecule has 8 heteroatoms. The summed E-state index contributed by atoms with van der Waals surface area (Å²) in [5.74, 6) is 1.82. The van der Waals surface area contributed by atoms with Gasteiger partial charge < -0.3 is 16.5 Å². The second-order valence-electron chi connectivity index (χ2n) is 6.28. The molecule has 5 aromatic rings. The molecule has 0 unspecified atom stereocenters. The van der Waals surface area contributed by atoms with E-state index in [1.54, 1.807) is 0 Å². The first kappa shape index (κ1) is 14.5. The standard InChI is InChI=1S/C18H16N8/c1-8-21-15(9-2-4-11-13(6-9)23-25-17(11)19)16(22-8)10-3-5-12-14(7-10)24-26-18(12)20/h2-7H,1H3,(H,21,22)(H3,19,23,25)(H3,20,24,26). The monoisotopic (exact) mass is 344 g/mol. The summed E-state index contributed by atoms with van der Waals surface area (Å²) in [6, 6.07) is 11.9. The molecular weight excluding hydrogens is 328 g/mol. The van der Waals surface area contributed by atoms with Crippen LogP contribution in [-0.2, 0) is 0 Å². The molecule has 128 valence electrons. The molecule has 0 aliphatic heterocycles. The fraction of sp³-hybridized carbons (Fsp3) is 0.0556. The van der Waals surface area contributed by atoms with Crippen molar-refractivity contribution in [2.75, 3.05) is 11.5 Å². The van der Waals surface area contributed by atoms with Crippen molar-refractivity contribution in [3.63, 3.8) is 0 Å². The number of fused-ring (bicyclic) bond motifs is 2. The van der Waals surface area contributed by atoms with Crippen molar-refractivity contribution in [3.8, 4) is 22.5 Å². The van der Waals surface area contributed by atoms with Crippen LogP contribution in [0.25, 0.3) is 44.3 Å². The predicted octanol–water partition coefficient (Wildman–Crippen LogP) is 2.97. The molecule has 2 aromatic carbocycles. The van der Waals surface area contributed by atoms with Crippen LogP contribution in [0.1, 0.15) is 5.82 Å². The summed E-state index contributed by atoms with van der Waals surface area (Å²) in [5.41, 5.74) is 17.3. The maximum atomic E-state index is 5.86. The van der Waals surface area contributed by atoms with Crippen LogP contribution >= 0.6 is 0 Å². The molecule has 0 saturated heterocycles. The van der Waals surface area contributed by atoms with Gasteiger partial charge in [-0.15, -0.1) is 0 Å². The third-order valence-electron chi connectivity index (χ3n) is 4.57. The van der Waals surface area contributed by atoms with Gasteiger partial charge in [-0.1, -0.05) is 12.1 Å². The minimum Gasteiger partial charge on any atom is -0.382 e. The Morgan fingerprint density at radius 3 is 2.04 bits per heavy atom. The molecule has 0 amide bonds. The number of aromatic nitrogens is 6. The Labute approximate surface area is 147 Å². The summed E-state index contributed by atoms with van der Waals surface area (Å²) < 4.78 is 0. The second-order valence-corrected chi connectivity index (χ2v) is 6.28. The van der Waals surface area contributed by atoms with Gasteiger partial charge in [0, 0.05) is 21.9 Å². The lowest BCUT2D eigenvalue weighted by atomic mass is 10.0. The highest BCUT2D eigenvalue weighted by atomic mass is 15.2. The smallest absolute Gasteiger partial charge is 0.153 e. The lowest BCUT2D eigenvalue weighted by molar-refractivity contribution is 1.13. The van der Waals surface area contributed by atoms with Gasteiger partial charge in [-0.2, -0.15) is 10.2 Å². The van der Waals surface area contributed by atoms with E-state index in [0.717, 1.165) is 50.1 Å². The molecule has 0 fully saturated rings. The summed E-state index contributed by atoms with van der Waals surface area (Å²) in [4.78, 5) is 8.04. The molecule has 8 nitrogen and oxygen atoms in total. The van der Waals surface area contributed by atoms with Crippen LogP contribution in [0.4, 0.5) is 11.6 Å². The van der Waals surface area contributed by atoms with Gasteiger partial charge >= 0.3 is 0 Å². The summed E-state index contributed by atoms with van der Waals surface area (Å²) in [6.45, 7) is 1.94. The molecule has 0 spiro atoms. The van der Waals surface area contributed by atoms with Crippen LogP contribution in [0.3, 0.4) is 0 Å². The van der Waals surface area contributed by atoms with E-state index < -0.39 is 0 Å². The van der Waals surface area contributed by atoms with Gasteiger partial charge in [0.1, 0.15) is 5.82 Å². The number of nitrogens with one attached hydrogen (secondary N) is 3. The highest BCUT2D eigenvalue weighted by molar-refractivity contribution is 5.95. The zero-order valence-electron chi connectivity index (χ0n) is 14.0. The largest absolute Gasteiger partial charge is 0.382 e. The van der Waals surface area contributed by atoms with E-state index in [9.17, 15) is 0 Å². The third-order valence-corrected chi connectivity index (χ3v) is 4.57. The van der Waals surface area contributed by atoms with Crippen LogP contribution in [0, 0.1) is 6.92 Å². The van der Waals surface area contributed by atoms with Crippen LogP contribution in [0.15, 0.2) is 36.4 Å². The second kappa shape index (κ2) is 5.09. The van der Waals surface area contributed by atoms with E-state index in [-0.39, 0.29) is 0 Å². The molecule has 5 rings (SSSR count). The van der Waals surface area contributed by atoms with Gasteiger partial charge in [-0.25, -0.2) is 4.98 Å². The molecule has 0 aliphatic rings. The molecule has 7 N–H and O–H groups in total. The van der Waals surface area contributed by atoms with Crippen LogP contribution in [0.5, 0.6) is 0 Å². The van der Waals surface area contributed by atoms with Gasteiger partial charge in [-0.3, -0.25) is 10.2 Å². The Morgan fingerprint density at radius 2 is 1.38 bits per heavy atom. The zero-order chi connectivity index (χ0) is 17.8. The molecule has 0 bridgehead atoms. The van der Waals surface area contributed by atoms with Crippen molar-refractivity contribution in [1.29, 1.82) is 0 Å². The molecule has 3 heterocycles. The Morgan fingerprint density at radius 1 is 0.808 bits per heavy atom. The highest BCUT2D eigenvalue weighted by Crippen LogP contribution is 2.34. The minimum absolute atomic E-state index is 0.493. The predicted molar refractivity (Wildman–Crippen MR) is 102 cm³/mol. The summed E-state index contributed by atoms with van der Waals surface area (Å²) >= 11 is 0. The lowest BCUT2D eigenvalue weighted by Gasteiger charge is -2.04. The summed E-state index contributed by atoms with van der Waals surface area (Å²) in [6.07, 6.45) is 0. The number of nitrogens with zero attached hydrogens (tertiary/aromatic N) is 3. The minimum atomic E-state index is 0.493.